The maximum atomic E-state index is 3.61. The zero-order valence-corrected chi connectivity index (χ0v) is 8.34. The van der Waals surface area contributed by atoms with Crippen LogP contribution in [-0.2, 0) is 0 Å². The summed E-state index contributed by atoms with van der Waals surface area (Å²) in [5.74, 6) is 1.00. The highest BCUT2D eigenvalue weighted by molar-refractivity contribution is 4.86. The predicted octanol–water partition coefficient (Wildman–Crippen LogP) is 2.73. The Morgan fingerprint density at radius 2 is 2.25 bits per heavy atom. The predicted molar refractivity (Wildman–Crippen MR) is 54.2 cm³/mol. The Morgan fingerprint density at radius 3 is 2.75 bits per heavy atom. The molecule has 0 bridgehead atoms. The topological polar surface area (TPSA) is 12.0 Å². The Balaban J connectivity index is 2.02. The van der Waals surface area contributed by atoms with Crippen LogP contribution in [-0.4, -0.2) is 12.6 Å². The monoisotopic (exact) mass is 167 g/mol. The third kappa shape index (κ3) is 3.40. The van der Waals surface area contributed by atoms with Crippen molar-refractivity contribution in [2.75, 3.05) is 6.54 Å². The molecule has 0 aliphatic heterocycles. The summed E-state index contributed by atoms with van der Waals surface area (Å²) < 4.78 is 0. The first-order valence-electron chi connectivity index (χ1n) is 5.23. The Kier molecular flexibility index (Phi) is 4.37. The molecule has 0 aromatic rings. The van der Waals surface area contributed by atoms with Gasteiger partial charge < -0.3 is 5.32 Å². The quantitative estimate of drug-likeness (QED) is 0.474. The van der Waals surface area contributed by atoms with E-state index in [1.807, 2.05) is 0 Å². The molecule has 1 fully saturated rings. The van der Waals surface area contributed by atoms with Crippen molar-refractivity contribution in [2.45, 2.75) is 45.6 Å². The molecular weight excluding hydrogens is 146 g/mol. The van der Waals surface area contributed by atoms with E-state index in [1.165, 1.54) is 25.7 Å². The van der Waals surface area contributed by atoms with Crippen molar-refractivity contribution in [3.8, 4) is 0 Å². The Bertz CT molecular complexity index is 136. The summed E-state index contributed by atoms with van der Waals surface area (Å²) in [7, 11) is 0. The van der Waals surface area contributed by atoms with Gasteiger partial charge in [0.15, 0.2) is 0 Å². The van der Waals surface area contributed by atoms with E-state index in [4.69, 9.17) is 0 Å². The molecule has 12 heavy (non-hydrogen) atoms. The van der Waals surface area contributed by atoms with Crippen molar-refractivity contribution in [1.82, 2.24) is 5.32 Å². The molecule has 1 N–H and O–H groups in total. The molecule has 0 amide bonds. The van der Waals surface area contributed by atoms with E-state index < -0.39 is 0 Å². The molecule has 0 heterocycles. The summed E-state index contributed by atoms with van der Waals surface area (Å²) in [6.07, 6.45) is 9.73. The van der Waals surface area contributed by atoms with Gasteiger partial charge in [-0.15, -0.1) is 0 Å². The molecule has 1 rings (SSSR count). The maximum Gasteiger partial charge on any atom is 0.00928 e. The molecule has 1 saturated carbocycles. The highest BCUT2D eigenvalue weighted by atomic mass is 14.9. The Labute approximate surface area is 76.2 Å². The van der Waals surface area contributed by atoms with Gasteiger partial charge >= 0.3 is 0 Å². The maximum absolute atomic E-state index is 3.61. The second-order valence-corrected chi connectivity index (χ2v) is 3.66. The van der Waals surface area contributed by atoms with Gasteiger partial charge in [0, 0.05) is 6.04 Å². The van der Waals surface area contributed by atoms with E-state index >= 15 is 0 Å². The van der Waals surface area contributed by atoms with Crippen LogP contribution in [0.2, 0.25) is 0 Å². The molecule has 0 saturated heterocycles. The van der Waals surface area contributed by atoms with Gasteiger partial charge in [-0.25, -0.2) is 0 Å². The third-order valence-corrected chi connectivity index (χ3v) is 2.58. The molecule has 0 spiro atoms. The SMILES string of the molecule is C/C=C/CCNC(CC)C1CC1. The zero-order chi connectivity index (χ0) is 8.81. The second kappa shape index (κ2) is 5.36. The molecule has 1 aliphatic rings. The fraction of sp³-hybridized carbons (Fsp3) is 0.818. The Hall–Kier alpha value is -0.300. The van der Waals surface area contributed by atoms with Crippen molar-refractivity contribution in [2.24, 2.45) is 5.92 Å². The normalized spacial score (nSPS) is 20.2. The van der Waals surface area contributed by atoms with Crippen molar-refractivity contribution in [1.29, 1.82) is 0 Å². The highest BCUT2D eigenvalue weighted by Crippen LogP contribution is 2.33. The molecule has 1 nitrogen and oxygen atoms in total. The van der Waals surface area contributed by atoms with Gasteiger partial charge in [-0.2, -0.15) is 0 Å². The summed E-state index contributed by atoms with van der Waals surface area (Å²) >= 11 is 0. The van der Waals surface area contributed by atoms with Gasteiger partial charge in [-0.1, -0.05) is 19.1 Å². The van der Waals surface area contributed by atoms with Gasteiger partial charge in [0.2, 0.25) is 0 Å². The molecule has 0 aromatic heterocycles. The smallest absolute Gasteiger partial charge is 0.00928 e. The number of nitrogens with one attached hydrogen (secondary N) is 1. The minimum absolute atomic E-state index is 0.801. The van der Waals surface area contributed by atoms with Crippen molar-refractivity contribution in [3.05, 3.63) is 12.2 Å². The molecule has 1 aliphatic carbocycles. The fourth-order valence-electron chi connectivity index (χ4n) is 1.66. The van der Waals surface area contributed by atoms with Gasteiger partial charge in [0.05, 0.1) is 0 Å². The molecule has 70 valence electrons. The number of rotatable bonds is 6. The number of hydrogen-bond acceptors (Lipinski definition) is 1. The standard InChI is InChI=1S/C11H21N/c1-3-5-6-9-12-11(4-2)10-7-8-10/h3,5,10-12H,4,6-9H2,1-2H3/b5-3+. The van der Waals surface area contributed by atoms with Gasteiger partial charge in [0.25, 0.3) is 0 Å². The van der Waals surface area contributed by atoms with Gasteiger partial charge in [0.1, 0.15) is 0 Å². The summed E-state index contributed by atoms with van der Waals surface area (Å²) in [6.45, 7) is 5.52. The average molecular weight is 167 g/mol. The summed E-state index contributed by atoms with van der Waals surface area (Å²) in [5.41, 5.74) is 0. The van der Waals surface area contributed by atoms with E-state index in [-0.39, 0.29) is 0 Å². The van der Waals surface area contributed by atoms with E-state index in [2.05, 4.69) is 31.3 Å². The van der Waals surface area contributed by atoms with Crippen LogP contribution in [0.15, 0.2) is 12.2 Å². The lowest BCUT2D eigenvalue weighted by Crippen LogP contribution is -2.30. The van der Waals surface area contributed by atoms with Crippen molar-refractivity contribution >= 4 is 0 Å². The summed E-state index contributed by atoms with van der Waals surface area (Å²) in [6, 6.07) is 0.801. The number of hydrogen-bond donors (Lipinski definition) is 1. The van der Waals surface area contributed by atoms with E-state index in [1.54, 1.807) is 0 Å². The molecule has 0 radical (unpaired) electrons. The second-order valence-electron chi connectivity index (χ2n) is 3.66. The van der Waals surface area contributed by atoms with Crippen LogP contribution in [0.3, 0.4) is 0 Å². The van der Waals surface area contributed by atoms with Crippen molar-refractivity contribution < 1.29 is 0 Å². The number of allylic oxidation sites excluding steroid dienone is 1. The minimum atomic E-state index is 0.801. The first-order chi connectivity index (χ1) is 5.88. The lowest BCUT2D eigenvalue weighted by molar-refractivity contribution is 0.455. The van der Waals surface area contributed by atoms with Crippen molar-refractivity contribution in [3.63, 3.8) is 0 Å². The first-order valence-corrected chi connectivity index (χ1v) is 5.23. The van der Waals surface area contributed by atoms with E-state index in [9.17, 15) is 0 Å². The van der Waals surface area contributed by atoms with Crippen LogP contribution in [0, 0.1) is 5.92 Å². The lowest BCUT2D eigenvalue weighted by atomic mass is 10.1. The van der Waals surface area contributed by atoms with Gasteiger partial charge in [-0.3, -0.25) is 0 Å². The fourth-order valence-corrected chi connectivity index (χ4v) is 1.66. The van der Waals surface area contributed by atoms with Crippen LogP contribution < -0.4 is 5.32 Å². The van der Waals surface area contributed by atoms with Crippen LogP contribution in [0.1, 0.15) is 39.5 Å². The highest BCUT2D eigenvalue weighted by Gasteiger charge is 2.28. The summed E-state index contributed by atoms with van der Waals surface area (Å²) in [4.78, 5) is 0. The first kappa shape index (κ1) is 9.79. The lowest BCUT2D eigenvalue weighted by Gasteiger charge is -2.14. The van der Waals surface area contributed by atoms with E-state index in [0.29, 0.717) is 0 Å². The largest absolute Gasteiger partial charge is 0.313 e. The average Bonchev–Trinajstić information content (AvgIpc) is 2.88. The van der Waals surface area contributed by atoms with E-state index in [0.717, 1.165) is 18.5 Å². The van der Waals surface area contributed by atoms with Crippen LogP contribution in [0.4, 0.5) is 0 Å². The third-order valence-electron chi connectivity index (χ3n) is 2.58. The minimum Gasteiger partial charge on any atom is -0.313 e. The zero-order valence-electron chi connectivity index (χ0n) is 8.34. The molecule has 1 atom stereocenters. The van der Waals surface area contributed by atoms with Crippen LogP contribution >= 0.6 is 0 Å². The molecular formula is C11H21N. The van der Waals surface area contributed by atoms with Crippen LogP contribution in [0.5, 0.6) is 0 Å². The molecule has 1 unspecified atom stereocenters. The summed E-state index contributed by atoms with van der Waals surface area (Å²) in [5, 5.41) is 3.61. The molecule has 0 aromatic carbocycles. The van der Waals surface area contributed by atoms with Crippen LogP contribution in [0.25, 0.3) is 0 Å². The Morgan fingerprint density at radius 1 is 1.50 bits per heavy atom. The van der Waals surface area contributed by atoms with Gasteiger partial charge in [-0.05, 0) is 45.1 Å². The molecule has 1 heteroatoms.